The van der Waals surface area contributed by atoms with Crippen LogP contribution in [0.2, 0.25) is 5.02 Å². The molecule has 1 fully saturated rings. The molecule has 1 aliphatic heterocycles. The molecule has 4 nitrogen and oxygen atoms in total. The normalized spacial score (nSPS) is 16.2. The maximum Gasteiger partial charge on any atom is 0.220 e. The largest absolute Gasteiger partial charge is 0.354 e. The number of amides is 1. The first kappa shape index (κ1) is 18.9. The summed E-state index contributed by atoms with van der Waals surface area (Å²) in [6.07, 6.45) is 8.50. The summed E-state index contributed by atoms with van der Waals surface area (Å²) in [6, 6.07) is 12.1. The van der Waals surface area contributed by atoms with E-state index in [2.05, 4.69) is 27.3 Å². The highest BCUT2D eigenvalue weighted by Gasteiger charge is 2.22. The zero-order valence-corrected chi connectivity index (χ0v) is 15.8. The lowest BCUT2D eigenvalue weighted by Crippen LogP contribution is -2.40. The third-order valence-corrected chi connectivity index (χ3v) is 5.22. The monoisotopic (exact) mass is 371 g/mol. The van der Waals surface area contributed by atoms with Crippen molar-refractivity contribution in [2.45, 2.75) is 38.1 Å². The van der Waals surface area contributed by atoms with Gasteiger partial charge in [0.25, 0.3) is 0 Å². The van der Waals surface area contributed by atoms with Gasteiger partial charge >= 0.3 is 0 Å². The third-order valence-electron chi connectivity index (χ3n) is 4.97. The van der Waals surface area contributed by atoms with E-state index in [0.29, 0.717) is 13.0 Å². The minimum absolute atomic E-state index is 0.0952. The first-order chi connectivity index (χ1) is 12.7. The summed E-state index contributed by atoms with van der Waals surface area (Å²) in [4.78, 5) is 18.8. The van der Waals surface area contributed by atoms with Gasteiger partial charge in [0.1, 0.15) is 0 Å². The second-order valence-electron chi connectivity index (χ2n) is 6.82. The molecule has 0 bridgehead atoms. The Morgan fingerprint density at radius 2 is 1.77 bits per heavy atom. The standard InChI is InChI=1S/C21H26ClN3O/c22-19-7-5-18(6-8-19)20(25-14-2-1-3-15-25)16-24-21(26)9-4-17-10-12-23-13-11-17/h5-8,10-13,20H,1-4,9,14-16H2,(H,24,26)/t20-/m1/s1. The zero-order chi connectivity index (χ0) is 18.2. The van der Waals surface area contributed by atoms with E-state index in [1.165, 1.54) is 24.8 Å². The second kappa shape index (κ2) is 9.70. The molecule has 2 heterocycles. The van der Waals surface area contributed by atoms with Crippen LogP contribution in [-0.2, 0) is 11.2 Å². The predicted molar refractivity (Wildman–Crippen MR) is 105 cm³/mol. The molecule has 1 N–H and O–H groups in total. The minimum atomic E-state index is 0.0952. The van der Waals surface area contributed by atoms with Crippen molar-refractivity contribution in [3.05, 3.63) is 64.9 Å². The number of nitrogens with one attached hydrogen (secondary N) is 1. The Kier molecular flexibility index (Phi) is 7.04. The van der Waals surface area contributed by atoms with Crippen LogP contribution in [0.3, 0.4) is 0 Å². The topological polar surface area (TPSA) is 45.2 Å². The van der Waals surface area contributed by atoms with Crippen LogP contribution in [0.1, 0.15) is 42.9 Å². The smallest absolute Gasteiger partial charge is 0.220 e. The number of pyridine rings is 1. The van der Waals surface area contributed by atoms with Crippen molar-refractivity contribution in [3.8, 4) is 0 Å². The van der Waals surface area contributed by atoms with Gasteiger partial charge in [0.05, 0.1) is 6.04 Å². The molecule has 0 aliphatic carbocycles. The number of carbonyl (C=O) groups is 1. The highest BCUT2D eigenvalue weighted by atomic mass is 35.5. The molecule has 0 unspecified atom stereocenters. The molecule has 5 heteroatoms. The number of piperidine rings is 1. The fraction of sp³-hybridized carbons (Fsp3) is 0.429. The highest BCUT2D eigenvalue weighted by molar-refractivity contribution is 6.30. The molecule has 138 valence electrons. The van der Waals surface area contributed by atoms with Crippen LogP contribution in [0.25, 0.3) is 0 Å². The van der Waals surface area contributed by atoms with E-state index >= 15 is 0 Å². The van der Waals surface area contributed by atoms with Crippen LogP contribution in [-0.4, -0.2) is 35.4 Å². The Morgan fingerprint density at radius 1 is 1.08 bits per heavy atom. The molecular formula is C21H26ClN3O. The second-order valence-corrected chi connectivity index (χ2v) is 7.26. The first-order valence-corrected chi connectivity index (χ1v) is 9.75. The van der Waals surface area contributed by atoms with Crippen molar-refractivity contribution in [2.24, 2.45) is 0 Å². The number of halogens is 1. The molecule has 1 atom stereocenters. The average molecular weight is 372 g/mol. The Bertz CT molecular complexity index is 684. The van der Waals surface area contributed by atoms with E-state index in [1.807, 2.05) is 24.3 Å². The van der Waals surface area contributed by atoms with Crippen molar-refractivity contribution < 1.29 is 4.79 Å². The van der Waals surface area contributed by atoms with Gasteiger partial charge in [0.15, 0.2) is 0 Å². The third kappa shape index (κ3) is 5.55. The van der Waals surface area contributed by atoms with Crippen molar-refractivity contribution in [3.63, 3.8) is 0 Å². The molecule has 1 aromatic carbocycles. The molecule has 1 aromatic heterocycles. The quantitative estimate of drug-likeness (QED) is 0.799. The van der Waals surface area contributed by atoms with E-state index in [9.17, 15) is 4.79 Å². The Morgan fingerprint density at radius 3 is 2.46 bits per heavy atom. The summed E-state index contributed by atoms with van der Waals surface area (Å²) in [6.45, 7) is 2.80. The van der Waals surface area contributed by atoms with Gasteiger partial charge in [-0.3, -0.25) is 14.7 Å². The van der Waals surface area contributed by atoms with Crippen molar-refractivity contribution in [1.29, 1.82) is 0 Å². The van der Waals surface area contributed by atoms with Crippen LogP contribution in [0.4, 0.5) is 0 Å². The lowest BCUT2D eigenvalue weighted by molar-refractivity contribution is -0.121. The van der Waals surface area contributed by atoms with Crippen molar-refractivity contribution in [2.75, 3.05) is 19.6 Å². The Balaban J connectivity index is 1.58. The van der Waals surface area contributed by atoms with Gasteiger partial charge < -0.3 is 5.32 Å². The van der Waals surface area contributed by atoms with Gasteiger partial charge in [-0.05, 0) is 67.7 Å². The van der Waals surface area contributed by atoms with E-state index in [-0.39, 0.29) is 11.9 Å². The summed E-state index contributed by atoms with van der Waals surface area (Å²) in [7, 11) is 0. The van der Waals surface area contributed by atoms with Gasteiger partial charge in [0.2, 0.25) is 5.91 Å². The number of carbonyl (C=O) groups excluding carboxylic acids is 1. The van der Waals surface area contributed by atoms with Gasteiger partial charge in [-0.25, -0.2) is 0 Å². The maximum atomic E-state index is 12.3. The fourth-order valence-corrected chi connectivity index (χ4v) is 3.60. The van der Waals surface area contributed by atoms with E-state index in [4.69, 9.17) is 11.6 Å². The van der Waals surface area contributed by atoms with Gasteiger partial charge in [-0.1, -0.05) is 30.2 Å². The van der Waals surface area contributed by atoms with Crippen LogP contribution in [0.15, 0.2) is 48.8 Å². The number of benzene rings is 1. The van der Waals surface area contributed by atoms with Crippen LogP contribution in [0.5, 0.6) is 0 Å². The summed E-state index contributed by atoms with van der Waals surface area (Å²) in [5, 5.41) is 3.88. The Hall–Kier alpha value is -1.91. The van der Waals surface area contributed by atoms with Gasteiger partial charge in [0, 0.05) is 30.4 Å². The number of rotatable bonds is 7. The van der Waals surface area contributed by atoms with Gasteiger partial charge in [-0.15, -0.1) is 0 Å². The molecule has 3 rings (SSSR count). The number of hydrogen-bond acceptors (Lipinski definition) is 3. The SMILES string of the molecule is O=C(CCc1ccncc1)NC[C@H](c1ccc(Cl)cc1)N1CCCCC1. The molecule has 2 aromatic rings. The van der Waals surface area contributed by atoms with Crippen molar-refractivity contribution in [1.82, 2.24) is 15.2 Å². The lowest BCUT2D eigenvalue weighted by atomic mass is 10.0. The van der Waals surface area contributed by atoms with Crippen molar-refractivity contribution >= 4 is 17.5 Å². The number of nitrogens with zero attached hydrogens (tertiary/aromatic N) is 2. The minimum Gasteiger partial charge on any atom is -0.354 e. The molecule has 1 amide bonds. The summed E-state index contributed by atoms with van der Waals surface area (Å²) >= 11 is 6.04. The van der Waals surface area contributed by atoms with E-state index < -0.39 is 0 Å². The number of likely N-dealkylation sites (tertiary alicyclic amines) is 1. The van der Waals surface area contributed by atoms with E-state index in [0.717, 1.165) is 30.1 Å². The zero-order valence-electron chi connectivity index (χ0n) is 15.0. The van der Waals surface area contributed by atoms with E-state index in [1.54, 1.807) is 12.4 Å². The molecule has 26 heavy (non-hydrogen) atoms. The molecule has 1 aliphatic rings. The van der Waals surface area contributed by atoms with Crippen LogP contribution >= 0.6 is 11.6 Å². The summed E-state index contributed by atoms with van der Waals surface area (Å²) in [5.41, 5.74) is 2.35. The molecule has 0 spiro atoms. The first-order valence-electron chi connectivity index (χ1n) is 9.37. The number of aromatic nitrogens is 1. The Labute approximate surface area is 160 Å². The number of hydrogen-bond donors (Lipinski definition) is 1. The molecule has 1 saturated heterocycles. The van der Waals surface area contributed by atoms with Crippen LogP contribution in [0, 0.1) is 0 Å². The fourth-order valence-electron chi connectivity index (χ4n) is 3.48. The molecule has 0 radical (unpaired) electrons. The lowest BCUT2D eigenvalue weighted by Gasteiger charge is -2.35. The maximum absolute atomic E-state index is 12.3. The summed E-state index contributed by atoms with van der Waals surface area (Å²) in [5.74, 6) is 0.0952. The highest BCUT2D eigenvalue weighted by Crippen LogP contribution is 2.25. The predicted octanol–water partition coefficient (Wildman–Crippen LogP) is 4.01. The average Bonchev–Trinajstić information content (AvgIpc) is 2.69. The molecular weight excluding hydrogens is 346 g/mol. The molecule has 0 saturated carbocycles. The number of aryl methyl sites for hydroxylation is 1. The van der Waals surface area contributed by atoms with Gasteiger partial charge in [-0.2, -0.15) is 0 Å². The van der Waals surface area contributed by atoms with Crippen LogP contribution < -0.4 is 5.32 Å². The summed E-state index contributed by atoms with van der Waals surface area (Å²) < 4.78 is 0.